The van der Waals surface area contributed by atoms with Gasteiger partial charge in [-0.3, -0.25) is 9.89 Å². The number of carbonyl (C=O) groups excluding carboxylic acids is 1. The molecular weight excluding hydrogens is 220 g/mol. The summed E-state index contributed by atoms with van der Waals surface area (Å²) in [6, 6.07) is -0.413. The van der Waals surface area contributed by atoms with Gasteiger partial charge in [-0.05, 0) is 18.1 Å². The predicted molar refractivity (Wildman–Crippen MR) is 58.7 cm³/mol. The Balaban J connectivity index is 2.74. The molecule has 5 nitrogen and oxygen atoms in total. The summed E-state index contributed by atoms with van der Waals surface area (Å²) in [6.07, 6.45) is 0. The van der Waals surface area contributed by atoms with Crippen molar-refractivity contribution in [3.05, 3.63) is 3.95 Å². The predicted octanol–water partition coefficient (Wildman–Crippen LogP) is 1.12. The molecule has 7 heteroatoms. The molecular formula is C7H12N4OS2. The van der Waals surface area contributed by atoms with Crippen molar-refractivity contribution in [2.24, 2.45) is 11.7 Å². The van der Waals surface area contributed by atoms with Crippen LogP contribution in [0.1, 0.15) is 13.8 Å². The Kier molecular flexibility index (Phi) is 3.59. The van der Waals surface area contributed by atoms with Crippen LogP contribution in [0, 0.1) is 9.87 Å². The maximum atomic E-state index is 11.1. The second kappa shape index (κ2) is 4.52. The third kappa shape index (κ3) is 2.78. The fourth-order valence-corrected chi connectivity index (χ4v) is 1.82. The van der Waals surface area contributed by atoms with E-state index in [9.17, 15) is 4.79 Å². The maximum Gasteiger partial charge on any atom is 0.240 e. The van der Waals surface area contributed by atoms with Crippen LogP contribution < -0.4 is 11.1 Å². The number of amides is 1. The molecule has 1 amide bonds. The number of carbonyl (C=O) groups is 1. The van der Waals surface area contributed by atoms with Crippen LogP contribution in [-0.2, 0) is 4.79 Å². The van der Waals surface area contributed by atoms with E-state index in [1.807, 2.05) is 13.8 Å². The van der Waals surface area contributed by atoms with E-state index in [1.165, 1.54) is 11.3 Å². The lowest BCUT2D eigenvalue weighted by molar-refractivity contribution is -0.119. The standard InChI is InChI=1S/C7H12N4OS2/c1-3(2)4(5(8)12)9-6-10-11-7(13)14-6/h3-4H,1-2H3,(H2,8,12)(H,9,10)(H,11,13). The van der Waals surface area contributed by atoms with Crippen LogP contribution in [0.3, 0.4) is 0 Å². The lowest BCUT2D eigenvalue weighted by atomic mass is 10.0. The smallest absolute Gasteiger partial charge is 0.240 e. The summed E-state index contributed by atoms with van der Waals surface area (Å²) >= 11 is 6.14. The van der Waals surface area contributed by atoms with Crippen molar-refractivity contribution in [1.82, 2.24) is 10.2 Å². The minimum absolute atomic E-state index is 0.116. The van der Waals surface area contributed by atoms with E-state index in [-0.39, 0.29) is 11.8 Å². The van der Waals surface area contributed by atoms with Crippen LogP contribution in [0.2, 0.25) is 0 Å². The van der Waals surface area contributed by atoms with E-state index in [4.69, 9.17) is 18.0 Å². The topological polar surface area (TPSA) is 83.8 Å². The molecule has 1 aromatic rings. The number of H-pyrrole nitrogens is 1. The van der Waals surface area contributed by atoms with E-state index >= 15 is 0 Å². The van der Waals surface area contributed by atoms with Gasteiger partial charge in [0.25, 0.3) is 0 Å². The quantitative estimate of drug-likeness (QED) is 0.679. The zero-order chi connectivity index (χ0) is 10.7. The SMILES string of the molecule is CC(C)C(Nc1n[nH]c(=S)s1)C(N)=O. The summed E-state index contributed by atoms with van der Waals surface area (Å²) in [6.45, 7) is 3.82. The molecule has 0 fully saturated rings. The lowest BCUT2D eigenvalue weighted by Gasteiger charge is -2.17. The molecule has 0 radical (unpaired) electrons. The Morgan fingerprint density at radius 1 is 1.71 bits per heavy atom. The van der Waals surface area contributed by atoms with E-state index in [2.05, 4.69) is 15.5 Å². The monoisotopic (exact) mass is 232 g/mol. The normalized spacial score (nSPS) is 12.8. The van der Waals surface area contributed by atoms with Gasteiger partial charge in [-0.1, -0.05) is 25.2 Å². The average molecular weight is 232 g/mol. The Labute approximate surface area is 90.7 Å². The first-order valence-corrected chi connectivity index (χ1v) is 5.34. The summed E-state index contributed by atoms with van der Waals surface area (Å²) in [4.78, 5) is 11.1. The van der Waals surface area contributed by atoms with Gasteiger partial charge in [0.15, 0.2) is 3.95 Å². The number of nitrogens with two attached hydrogens (primary N) is 1. The largest absolute Gasteiger partial charge is 0.368 e. The molecule has 1 atom stereocenters. The summed E-state index contributed by atoms with van der Waals surface area (Å²) < 4.78 is 0.569. The molecule has 0 bridgehead atoms. The molecule has 0 aliphatic carbocycles. The number of anilines is 1. The van der Waals surface area contributed by atoms with Crippen LogP contribution in [-0.4, -0.2) is 22.1 Å². The maximum absolute atomic E-state index is 11.1. The molecule has 0 aliphatic rings. The number of hydrogen-bond donors (Lipinski definition) is 3. The highest BCUT2D eigenvalue weighted by molar-refractivity contribution is 7.73. The Bertz CT molecular complexity index is 370. The van der Waals surface area contributed by atoms with E-state index in [0.29, 0.717) is 9.09 Å². The first-order chi connectivity index (χ1) is 6.50. The molecule has 78 valence electrons. The van der Waals surface area contributed by atoms with Gasteiger partial charge in [-0.25, -0.2) is 0 Å². The van der Waals surface area contributed by atoms with Crippen LogP contribution in [0.4, 0.5) is 5.13 Å². The Hall–Kier alpha value is -0.950. The zero-order valence-corrected chi connectivity index (χ0v) is 9.54. The van der Waals surface area contributed by atoms with Gasteiger partial charge in [-0.15, -0.1) is 5.10 Å². The highest BCUT2D eigenvalue weighted by Gasteiger charge is 2.19. The summed E-state index contributed by atoms with van der Waals surface area (Å²) in [5.74, 6) is -0.272. The van der Waals surface area contributed by atoms with Crippen molar-refractivity contribution in [1.29, 1.82) is 0 Å². The number of aromatic nitrogens is 2. The molecule has 14 heavy (non-hydrogen) atoms. The number of aromatic amines is 1. The number of nitrogens with one attached hydrogen (secondary N) is 2. The third-order valence-electron chi connectivity index (χ3n) is 1.69. The van der Waals surface area contributed by atoms with Crippen molar-refractivity contribution in [2.45, 2.75) is 19.9 Å². The van der Waals surface area contributed by atoms with Gasteiger partial charge in [0.2, 0.25) is 11.0 Å². The van der Waals surface area contributed by atoms with Gasteiger partial charge >= 0.3 is 0 Å². The van der Waals surface area contributed by atoms with Crippen molar-refractivity contribution >= 4 is 34.6 Å². The number of rotatable bonds is 4. The van der Waals surface area contributed by atoms with Crippen LogP contribution in [0.15, 0.2) is 0 Å². The minimum Gasteiger partial charge on any atom is -0.368 e. The number of hydrogen-bond acceptors (Lipinski definition) is 5. The van der Waals surface area contributed by atoms with Crippen molar-refractivity contribution < 1.29 is 4.79 Å². The number of primary amides is 1. The number of nitrogens with zero attached hydrogens (tertiary/aromatic N) is 1. The van der Waals surface area contributed by atoms with Crippen LogP contribution in [0.5, 0.6) is 0 Å². The molecule has 0 saturated carbocycles. The van der Waals surface area contributed by atoms with Crippen molar-refractivity contribution in [3.8, 4) is 0 Å². The van der Waals surface area contributed by atoms with Crippen LogP contribution >= 0.6 is 23.6 Å². The fourth-order valence-electron chi connectivity index (χ4n) is 0.991. The second-order valence-corrected chi connectivity index (χ2v) is 4.85. The second-order valence-electron chi connectivity index (χ2n) is 3.19. The first-order valence-electron chi connectivity index (χ1n) is 4.12. The summed E-state index contributed by atoms with van der Waals surface area (Å²) in [7, 11) is 0. The molecule has 0 aromatic carbocycles. The summed E-state index contributed by atoms with van der Waals surface area (Å²) in [5, 5.41) is 10.0. The van der Waals surface area contributed by atoms with Gasteiger partial charge in [0, 0.05) is 0 Å². The molecule has 1 heterocycles. The average Bonchev–Trinajstić information content (AvgIpc) is 2.46. The third-order valence-corrected chi connectivity index (χ3v) is 2.71. The van der Waals surface area contributed by atoms with Crippen molar-refractivity contribution in [3.63, 3.8) is 0 Å². The van der Waals surface area contributed by atoms with E-state index in [1.54, 1.807) is 0 Å². The Morgan fingerprint density at radius 3 is 2.71 bits per heavy atom. The fraction of sp³-hybridized carbons (Fsp3) is 0.571. The summed E-state index contributed by atoms with van der Waals surface area (Å²) in [5.41, 5.74) is 5.23. The van der Waals surface area contributed by atoms with E-state index in [0.717, 1.165) is 0 Å². The molecule has 1 unspecified atom stereocenters. The molecule has 1 aromatic heterocycles. The van der Waals surface area contributed by atoms with Gasteiger partial charge < -0.3 is 11.1 Å². The Morgan fingerprint density at radius 2 is 2.36 bits per heavy atom. The minimum atomic E-state index is -0.413. The van der Waals surface area contributed by atoms with Crippen LogP contribution in [0.25, 0.3) is 0 Å². The van der Waals surface area contributed by atoms with E-state index < -0.39 is 6.04 Å². The molecule has 0 aliphatic heterocycles. The van der Waals surface area contributed by atoms with Crippen molar-refractivity contribution in [2.75, 3.05) is 5.32 Å². The molecule has 0 saturated heterocycles. The molecule has 1 rings (SSSR count). The zero-order valence-electron chi connectivity index (χ0n) is 7.90. The van der Waals surface area contributed by atoms with Gasteiger partial charge in [-0.2, -0.15) is 0 Å². The first kappa shape index (κ1) is 11.1. The highest BCUT2D eigenvalue weighted by Crippen LogP contribution is 2.15. The molecule has 0 spiro atoms. The highest BCUT2D eigenvalue weighted by atomic mass is 32.1. The van der Waals surface area contributed by atoms with Gasteiger partial charge in [0.05, 0.1) is 0 Å². The molecule has 4 N–H and O–H groups in total. The lowest BCUT2D eigenvalue weighted by Crippen LogP contribution is -2.39. The van der Waals surface area contributed by atoms with Gasteiger partial charge in [0.1, 0.15) is 6.04 Å².